The Morgan fingerprint density at radius 1 is 1.43 bits per heavy atom. The van der Waals surface area contributed by atoms with Gasteiger partial charge in [-0.3, -0.25) is 4.79 Å². The maximum Gasteiger partial charge on any atom is 0.343 e. The molecule has 2 heterocycles. The molecule has 23 heavy (non-hydrogen) atoms. The van der Waals surface area contributed by atoms with Gasteiger partial charge in [0.15, 0.2) is 11.6 Å². The molecule has 0 radical (unpaired) electrons. The number of ether oxygens (including phenoxy) is 2. The van der Waals surface area contributed by atoms with Crippen molar-refractivity contribution in [1.29, 1.82) is 0 Å². The molecule has 1 saturated heterocycles. The van der Waals surface area contributed by atoms with E-state index in [9.17, 15) is 18.4 Å². The number of fused-ring (bicyclic) bond motifs is 1. The van der Waals surface area contributed by atoms with Gasteiger partial charge in [0, 0.05) is 17.1 Å². The summed E-state index contributed by atoms with van der Waals surface area (Å²) in [6.07, 6.45) is 1.35. The first-order chi connectivity index (χ1) is 11.0. The van der Waals surface area contributed by atoms with E-state index in [1.807, 2.05) is 0 Å². The van der Waals surface area contributed by atoms with Crippen LogP contribution in [-0.4, -0.2) is 30.4 Å². The van der Waals surface area contributed by atoms with E-state index < -0.39 is 23.0 Å². The van der Waals surface area contributed by atoms with Crippen LogP contribution in [-0.2, 0) is 9.47 Å². The summed E-state index contributed by atoms with van der Waals surface area (Å²) in [5.41, 5.74) is -0.566. The van der Waals surface area contributed by atoms with Crippen LogP contribution in [0.2, 0.25) is 0 Å². The number of nitrogens with zero attached hydrogens (tertiary/aromatic N) is 1. The molecule has 0 saturated carbocycles. The van der Waals surface area contributed by atoms with Crippen molar-refractivity contribution in [3.05, 3.63) is 45.2 Å². The summed E-state index contributed by atoms with van der Waals surface area (Å²) in [4.78, 5) is 24.5. The molecule has 3 rings (SSSR count). The van der Waals surface area contributed by atoms with Gasteiger partial charge in [-0.1, -0.05) is 0 Å². The van der Waals surface area contributed by atoms with Gasteiger partial charge in [-0.2, -0.15) is 0 Å². The van der Waals surface area contributed by atoms with Gasteiger partial charge in [0.2, 0.25) is 5.43 Å². The zero-order valence-corrected chi connectivity index (χ0v) is 12.7. The minimum Gasteiger partial charge on any atom is -0.462 e. The number of pyridine rings is 1. The number of benzene rings is 1. The predicted octanol–water partition coefficient (Wildman–Crippen LogP) is 2.34. The van der Waals surface area contributed by atoms with Gasteiger partial charge in [-0.15, -0.1) is 0 Å². The summed E-state index contributed by atoms with van der Waals surface area (Å²) >= 11 is 0. The number of aryl methyl sites for hydroxylation is 1. The summed E-state index contributed by atoms with van der Waals surface area (Å²) in [6, 6.07) is 0.688. The molecule has 0 aliphatic carbocycles. The molecule has 0 spiro atoms. The largest absolute Gasteiger partial charge is 0.462 e. The number of rotatable bonds is 3. The summed E-state index contributed by atoms with van der Waals surface area (Å²) in [5, 5.41) is -0.0427. The third-order valence-electron chi connectivity index (χ3n) is 3.95. The number of carbonyl (C=O) groups is 1. The smallest absolute Gasteiger partial charge is 0.343 e. The molecule has 1 aromatic heterocycles. The van der Waals surface area contributed by atoms with Crippen molar-refractivity contribution in [1.82, 2.24) is 4.57 Å². The summed E-state index contributed by atoms with van der Waals surface area (Å²) in [5.74, 6) is -2.91. The van der Waals surface area contributed by atoms with E-state index in [1.54, 1.807) is 11.5 Å². The Balaban J connectivity index is 2.37. The summed E-state index contributed by atoms with van der Waals surface area (Å²) in [6.45, 7) is 3.88. The van der Waals surface area contributed by atoms with Crippen LogP contribution < -0.4 is 5.43 Å². The molecule has 0 N–H and O–H groups in total. The molecule has 1 aliphatic heterocycles. The molecule has 0 unspecified atom stereocenters. The predicted molar refractivity (Wildman–Crippen MR) is 78.7 cm³/mol. The van der Waals surface area contributed by atoms with E-state index in [1.165, 1.54) is 13.1 Å². The third kappa shape index (κ3) is 2.41. The fourth-order valence-electron chi connectivity index (χ4n) is 2.68. The molecule has 0 atom stereocenters. The van der Waals surface area contributed by atoms with Gasteiger partial charge in [0.25, 0.3) is 0 Å². The summed E-state index contributed by atoms with van der Waals surface area (Å²) < 4.78 is 39.3. The lowest BCUT2D eigenvalue weighted by atomic mass is 10.0. The first-order valence-corrected chi connectivity index (χ1v) is 7.24. The Labute approximate surface area is 130 Å². The highest BCUT2D eigenvalue weighted by atomic mass is 19.2. The van der Waals surface area contributed by atoms with Gasteiger partial charge < -0.3 is 14.0 Å². The van der Waals surface area contributed by atoms with Gasteiger partial charge in [0.05, 0.1) is 31.4 Å². The molecule has 1 fully saturated rings. The van der Waals surface area contributed by atoms with E-state index in [0.717, 1.165) is 6.07 Å². The lowest BCUT2D eigenvalue weighted by Gasteiger charge is -2.31. The number of esters is 1. The Bertz CT molecular complexity index is 856. The second-order valence-corrected chi connectivity index (χ2v) is 5.38. The Kier molecular flexibility index (Phi) is 3.89. The van der Waals surface area contributed by atoms with Crippen molar-refractivity contribution in [3.8, 4) is 0 Å². The van der Waals surface area contributed by atoms with Crippen LogP contribution in [0.15, 0.2) is 17.1 Å². The van der Waals surface area contributed by atoms with Crippen molar-refractivity contribution >= 4 is 16.9 Å². The van der Waals surface area contributed by atoms with Crippen LogP contribution in [0.1, 0.15) is 28.9 Å². The molecule has 0 amide bonds. The number of hydrogen-bond donors (Lipinski definition) is 0. The minimum atomic E-state index is -1.12. The van der Waals surface area contributed by atoms with Crippen LogP contribution >= 0.6 is 0 Å². The lowest BCUT2D eigenvalue weighted by molar-refractivity contribution is -0.0218. The maximum atomic E-state index is 13.9. The van der Waals surface area contributed by atoms with Crippen molar-refractivity contribution in [2.24, 2.45) is 0 Å². The molecule has 1 aliphatic rings. The van der Waals surface area contributed by atoms with Crippen molar-refractivity contribution in [3.63, 3.8) is 0 Å². The Morgan fingerprint density at radius 2 is 2.13 bits per heavy atom. The zero-order valence-electron chi connectivity index (χ0n) is 12.7. The summed E-state index contributed by atoms with van der Waals surface area (Å²) in [7, 11) is 0. The second-order valence-electron chi connectivity index (χ2n) is 5.38. The first kappa shape index (κ1) is 15.6. The van der Waals surface area contributed by atoms with Gasteiger partial charge in [-0.25, -0.2) is 13.6 Å². The van der Waals surface area contributed by atoms with E-state index in [-0.39, 0.29) is 34.7 Å². The third-order valence-corrected chi connectivity index (χ3v) is 3.95. The molecule has 0 bridgehead atoms. The minimum absolute atomic E-state index is 0.0272. The molecular formula is C16H15F2NO4. The van der Waals surface area contributed by atoms with Crippen LogP contribution in [0.3, 0.4) is 0 Å². The average molecular weight is 323 g/mol. The SMILES string of the molecule is CCOC(=O)c1cn(C2COC2)c2c(C)c(F)c(F)cc2c1=O. The lowest BCUT2D eigenvalue weighted by Crippen LogP contribution is -2.33. The fraction of sp³-hybridized carbons (Fsp3) is 0.375. The highest BCUT2D eigenvalue weighted by Crippen LogP contribution is 2.28. The van der Waals surface area contributed by atoms with E-state index >= 15 is 0 Å². The van der Waals surface area contributed by atoms with E-state index in [2.05, 4.69) is 0 Å². The molecule has 5 nitrogen and oxygen atoms in total. The zero-order chi connectivity index (χ0) is 16.7. The maximum absolute atomic E-state index is 13.9. The molecule has 1 aromatic carbocycles. The normalized spacial score (nSPS) is 14.8. The number of hydrogen-bond acceptors (Lipinski definition) is 4. The molecule has 7 heteroatoms. The Hall–Kier alpha value is -2.28. The molecule has 122 valence electrons. The monoisotopic (exact) mass is 323 g/mol. The average Bonchev–Trinajstić information content (AvgIpc) is 2.46. The van der Waals surface area contributed by atoms with Crippen molar-refractivity contribution in [2.45, 2.75) is 19.9 Å². The second kappa shape index (κ2) is 5.73. The number of aromatic nitrogens is 1. The molecular weight excluding hydrogens is 308 g/mol. The van der Waals surface area contributed by atoms with E-state index in [4.69, 9.17) is 9.47 Å². The van der Waals surface area contributed by atoms with Crippen molar-refractivity contribution < 1.29 is 23.0 Å². The van der Waals surface area contributed by atoms with Crippen LogP contribution in [0, 0.1) is 18.6 Å². The van der Waals surface area contributed by atoms with Crippen LogP contribution in [0.25, 0.3) is 10.9 Å². The Morgan fingerprint density at radius 3 is 2.70 bits per heavy atom. The van der Waals surface area contributed by atoms with Crippen molar-refractivity contribution in [2.75, 3.05) is 19.8 Å². The number of halogens is 2. The van der Waals surface area contributed by atoms with Gasteiger partial charge in [-0.05, 0) is 19.9 Å². The number of carbonyl (C=O) groups excluding carboxylic acids is 1. The molecule has 2 aromatic rings. The standard InChI is InChI=1S/C16H15F2NO4/c1-3-23-16(21)11-5-19(9-6-22-7-9)14-8(2)13(18)12(17)4-10(14)15(11)20/h4-5,9H,3,6-7H2,1-2H3. The van der Waals surface area contributed by atoms with E-state index in [0.29, 0.717) is 13.2 Å². The topological polar surface area (TPSA) is 57.5 Å². The van der Waals surface area contributed by atoms with Crippen LogP contribution in [0.5, 0.6) is 0 Å². The van der Waals surface area contributed by atoms with Gasteiger partial charge in [0.1, 0.15) is 5.56 Å². The van der Waals surface area contributed by atoms with Gasteiger partial charge >= 0.3 is 5.97 Å². The quantitative estimate of drug-likeness (QED) is 0.814. The first-order valence-electron chi connectivity index (χ1n) is 7.24. The van der Waals surface area contributed by atoms with Crippen LogP contribution in [0.4, 0.5) is 8.78 Å². The fourth-order valence-corrected chi connectivity index (χ4v) is 2.68. The highest BCUT2D eigenvalue weighted by Gasteiger charge is 2.27. The highest BCUT2D eigenvalue weighted by molar-refractivity contribution is 5.94.